The summed E-state index contributed by atoms with van der Waals surface area (Å²) in [6, 6.07) is 1.51. The van der Waals surface area contributed by atoms with Crippen LogP contribution in [-0.2, 0) is 16.6 Å². The Labute approximate surface area is 123 Å². The van der Waals surface area contributed by atoms with E-state index in [1.165, 1.54) is 6.07 Å². The molecule has 0 radical (unpaired) electrons. The molecule has 0 atom stereocenters. The summed E-state index contributed by atoms with van der Waals surface area (Å²) in [5.41, 5.74) is 1.98. The van der Waals surface area contributed by atoms with Crippen molar-refractivity contribution in [3.05, 3.63) is 34.5 Å². The maximum Gasteiger partial charge on any atom is 0.238 e. The van der Waals surface area contributed by atoms with Crippen molar-refractivity contribution in [3.8, 4) is 5.75 Å². The van der Waals surface area contributed by atoms with Gasteiger partial charge in [-0.15, -0.1) is 0 Å². The number of nitrogens with zero attached hydrogens (tertiary/aromatic N) is 2. The van der Waals surface area contributed by atoms with Crippen LogP contribution in [0.1, 0.15) is 28.4 Å². The number of nitrogens with two attached hydrogens (primary N) is 1. The number of rotatable bonds is 4. The molecule has 0 saturated heterocycles. The fourth-order valence-corrected chi connectivity index (χ4v) is 3.00. The quantitative estimate of drug-likeness (QED) is 0.917. The van der Waals surface area contributed by atoms with Crippen LogP contribution in [0.15, 0.2) is 15.5 Å². The Morgan fingerprint density at radius 2 is 1.90 bits per heavy atom. The minimum absolute atomic E-state index is 0.111. The highest BCUT2D eigenvalue weighted by atomic mass is 32.2. The maximum absolute atomic E-state index is 11.6. The number of aromatic nitrogens is 2. The first-order valence-corrected chi connectivity index (χ1v) is 7.80. The van der Waals surface area contributed by atoms with Crippen LogP contribution in [0.5, 0.6) is 5.75 Å². The summed E-state index contributed by atoms with van der Waals surface area (Å²) in [7, 11) is -3.75. The Bertz CT molecular complexity index is 781. The highest BCUT2D eigenvalue weighted by molar-refractivity contribution is 7.89. The monoisotopic (exact) mass is 311 g/mol. The predicted molar refractivity (Wildman–Crippen MR) is 75.4 cm³/mol. The number of primary sulfonamides is 1. The van der Waals surface area contributed by atoms with Gasteiger partial charge in [0.15, 0.2) is 6.61 Å². The Morgan fingerprint density at radius 1 is 1.24 bits per heavy atom. The van der Waals surface area contributed by atoms with Gasteiger partial charge in [-0.25, -0.2) is 13.6 Å². The highest BCUT2D eigenvalue weighted by Gasteiger charge is 2.18. The van der Waals surface area contributed by atoms with Crippen LogP contribution >= 0.6 is 0 Å². The highest BCUT2D eigenvalue weighted by Crippen LogP contribution is 2.31. The molecule has 0 aliphatic heterocycles. The lowest BCUT2D eigenvalue weighted by molar-refractivity contribution is 0.282. The van der Waals surface area contributed by atoms with Crippen molar-refractivity contribution in [1.82, 2.24) is 10.1 Å². The average molecular weight is 311 g/mol. The molecule has 0 saturated carbocycles. The van der Waals surface area contributed by atoms with Crippen molar-refractivity contribution in [2.75, 3.05) is 0 Å². The largest absolute Gasteiger partial charge is 0.485 e. The van der Waals surface area contributed by atoms with Crippen LogP contribution in [0.2, 0.25) is 0 Å². The van der Waals surface area contributed by atoms with Crippen molar-refractivity contribution in [3.63, 3.8) is 0 Å². The van der Waals surface area contributed by atoms with Crippen molar-refractivity contribution < 1.29 is 17.7 Å². The maximum atomic E-state index is 11.6. The third-order valence-electron chi connectivity index (χ3n) is 3.20. The smallest absolute Gasteiger partial charge is 0.238 e. The molecule has 21 heavy (non-hydrogen) atoms. The van der Waals surface area contributed by atoms with Crippen molar-refractivity contribution in [2.45, 2.75) is 39.2 Å². The predicted octanol–water partition coefficient (Wildman–Crippen LogP) is 1.53. The van der Waals surface area contributed by atoms with Gasteiger partial charge < -0.3 is 9.26 Å². The standard InChI is InChI=1S/C13H17N3O4S/c1-7-5-11(21(14,17)18)8(2)9(3)13(7)19-6-12-15-10(4)20-16-12/h5H,6H2,1-4H3,(H2,14,17,18). The number of aryl methyl sites for hydroxylation is 2. The van der Waals surface area contributed by atoms with Gasteiger partial charge in [-0.05, 0) is 43.5 Å². The van der Waals surface area contributed by atoms with Gasteiger partial charge in [0, 0.05) is 6.92 Å². The zero-order valence-electron chi connectivity index (χ0n) is 12.3. The summed E-state index contributed by atoms with van der Waals surface area (Å²) < 4.78 is 33.7. The Morgan fingerprint density at radius 3 is 2.43 bits per heavy atom. The van der Waals surface area contributed by atoms with E-state index in [0.29, 0.717) is 28.6 Å². The summed E-state index contributed by atoms with van der Waals surface area (Å²) in [5, 5.41) is 8.95. The molecule has 1 aromatic carbocycles. The Hall–Kier alpha value is -1.93. The van der Waals surface area contributed by atoms with Crippen molar-refractivity contribution in [1.29, 1.82) is 0 Å². The molecule has 0 amide bonds. The van der Waals surface area contributed by atoms with Gasteiger partial charge in [0.1, 0.15) is 5.75 Å². The third kappa shape index (κ3) is 3.22. The van der Waals surface area contributed by atoms with E-state index in [2.05, 4.69) is 10.1 Å². The van der Waals surface area contributed by atoms with E-state index in [-0.39, 0.29) is 11.5 Å². The first-order chi connectivity index (χ1) is 9.70. The summed E-state index contributed by atoms with van der Waals surface area (Å²) >= 11 is 0. The number of sulfonamides is 1. The fraction of sp³-hybridized carbons (Fsp3) is 0.385. The van der Waals surface area contributed by atoms with Gasteiger partial charge >= 0.3 is 0 Å². The molecule has 8 heteroatoms. The normalized spacial score (nSPS) is 11.7. The molecular formula is C13H17N3O4S. The molecule has 0 spiro atoms. The molecule has 0 fully saturated rings. The summed E-state index contributed by atoms with van der Waals surface area (Å²) in [5.74, 6) is 1.49. The molecule has 1 heterocycles. The molecular weight excluding hydrogens is 294 g/mol. The van der Waals surface area contributed by atoms with Gasteiger partial charge in [0.2, 0.25) is 21.7 Å². The zero-order valence-corrected chi connectivity index (χ0v) is 13.1. The third-order valence-corrected chi connectivity index (χ3v) is 4.24. The van der Waals surface area contributed by atoms with Crippen LogP contribution in [-0.4, -0.2) is 18.6 Å². The molecule has 114 valence electrons. The molecule has 0 aliphatic carbocycles. The molecule has 2 aromatic rings. The van der Waals surface area contributed by atoms with Gasteiger partial charge in [-0.1, -0.05) is 5.16 Å². The van der Waals surface area contributed by atoms with E-state index in [1.54, 1.807) is 27.7 Å². The van der Waals surface area contributed by atoms with Gasteiger partial charge in [-0.3, -0.25) is 0 Å². The number of benzene rings is 1. The zero-order chi connectivity index (χ0) is 15.8. The van der Waals surface area contributed by atoms with E-state index in [0.717, 1.165) is 5.56 Å². The number of hydrogen-bond donors (Lipinski definition) is 1. The first-order valence-electron chi connectivity index (χ1n) is 6.25. The molecule has 7 nitrogen and oxygen atoms in total. The first kappa shape index (κ1) is 15.5. The van der Waals surface area contributed by atoms with Crippen molar-refractivity contribution >= 4 is 10.0 Å². The lowest BCUT2D eigenvalue weighted by atomic mass is 10.1. The van der Waals surface area contributed by atoms with E-state index in [1.807, 2.05) is 0 Å². The second kappa shape index (κ2) is 5.45. The van der Waals surface area contributed by atoms with E-state index in [9.17, 15) is 8.42 Å². The summed E-state index contributed by atoms with van der Waals surface area (Å²) in [4.78, 5) is 4.16. The van der Waals surface area contributed by atoms with Crippen LogP contribution in [0.25, 0.3) is 0 Å². The molecule has 0 bridgehead atoms. The van der Waals surface area contributed by atoms with Gasteiger partial charge in [0.05, 0.1) is 4.90 Å². The Kier molecular flexibility index (Phi) is 4.02. The van der Waals surface area contributed by atoms with Gasteiger partial charge in [0.25, 0.3) is 0 Å². The fourth-order valence-electron chi connectivity index (χ4n) is 2.08. The van der Waals surface area contributed by atoms with Gasteiger partial charge in [-0.2, -0.15) is 4.98 Å². The summed E-state index contributed by atoms with van der Waals surface area (Å²) in [6.45, 7) is 7.08. The second-order valence-electron chi connectivity index (χ2n) is 4.83. The number of ether oxygens (including phenoxy) is 1. The topological polar surface area (TPSA) is 108 Å². The SMILES string of the molecule is Cc1nc(COc2c(C)cc(S(N)(=O)=O)c(C)c2C)no1. The lowest BCUT2D eigenvalue weighted by Gasteiger charge is -2.15. The molecule has 0 aliphatic rings. The van der Waals surface area contributed by atoms with E-state index < -0.39 is 10.0 Å². The van der Waals surface area contributed by atoms with E-state index in [4.69, 9.17) is 14.4 Å². The molecule has 0 unspecified atom stereocenters. The average Bonchev–Trinajstić information content (AvgIpc) is 2.78. The van der Waals surface area contributed by atoms with Crippen LogP contribution < -0.4 is 9.88 Å². The van der Waals surface area contributed by atoms with Crippen LogP contribution in [0.4, 0.5) is 0 Å². The second-order valence-corrected chi connectivity index (χ2v) is 6.36. The van der Waals surface area contributed by atoms with Crippen molar-refractivity contribution in [2.24, 2.45) is 5.14 Å². The minimum Gasteiger partial charge on any atom is -0.485 e. The Balaban J connectivity index is 2.35. The lowest BCUT2D eigenvalue weighted by Crippen LogP contribution is -2.15. The molecule has 2 rings (SSSR count). The van der Waals surface area contributed by atoms with Crippen LogP contribution in [0, 0.1) is 27.7 Å². The summed E-state index contributed by atoms with van der Waals surface area (Å²) in [6.07, 6.45) is 0. The van der Waals surface area contributed by atoms with Crippen LogP contribution in [0.3, 0.4) is 0 Å². The van der Waals surface area contributed by atoms with E-state index >= 15 is 0 Å². The molecule has 2 N–H and O–H groups in total. The molecule has 1 aromatic heterocycles. The number of hydrogen-bond acceptors (Lipinski definition) is 6. The minimum atomic E-state index is -3.75.